The standard InChI is InChI=1S/C12H11O4P.Fe/c13-17(14,15-11-7-3-1-4-8-11)16-12-9-5-2-6-10-12;/h1-10H,(H,13,14);/q;+3/p-1. The van der Waals surface area contributed by atoms with Crippen LogP contribution in [0.25, 0.3) is 0 Å². The summed E-state index contributed by atoms with van der Waals surface area (Å²) in [5.41, 5.74) is 0. The van der Waals surface area contributed by atoms with Crippen molar-refractivity contribution in [2.45, 2.75) is 0 Å². The predicted octanol–water partition coefficient (Wildman–Crippen LogP) is 2.61. The van der Waals surface area contributed by atoms with E-state index in [1.165, 1.54) is 0 Å². The van der Waals surface area contributed by atoms with Crippen LogP contribution in [0.15, 0.2) is 60.7 Å². The maximum atomic E-state index is 11.6. The molecule has 0 amide bonds. The van der Waals surface area contributed by atoms with Crippen LogP contribution in [0.5, 0.6) is 11.5 Å². The van der Waals surface area contributed by atoms with Gasteiger partial charge in [-0.2, -0.15) is 0 Å². The molecule has 1 radical (unpaired) electrons. The van der Waals surface area contributed by atoms with Crippen LogP contribution in [0, 0.1) is 0 Å². The van der Waals surface area contributed by atoms with Crippen LogP contribution in [0.2, 0.25) is 0 Å². The van der Waals surface area contributed by atoms with Gasteiger partial charge in [-0.25, -0.2) is 4.57 Å². The number of rotatable bonds is 4. The Morgan fingerprint density at radius 2 is 1.11 bits per heavy atom. The third-order valence-electron chi connectivity index (χ3n) is 1.92. The third-order valence-corrected chi connectivity index (χ3v) is 2.79. The SMILES string of the molecule is O=P([O-])(Oc1ccccc1)Oc1ccccc1.[Fe+3]. The number of hydrogen-bond donors (Lipinski definition) is 0. The first-order valence-corrected chi connectivity index (χ1v) is 6.42. The summed E-state index contributed by atoms with van der Waals surface area (Å²) in [5.74, 6) is 0.448. The van der Waals surface area contributed by atoms with E-state index in [1.807, 2.05) is 0 Å². The van der Waals surface area contributed by atoms with Crippen LogP contribution in [0.3, 0.4) is 0 Å². The first-order valence-electron chi connectivity index (χ1n) is 4.96. The Hall–Kier alpha value is -1.25. The molecular weight excluding hydrogens is 295 g/mol. The number of phosphoric acid groups is 1. The van der Waals surface area contributed by atoms with Gasteiger partial charge in [0.1, 0.15) is 11.5 Å². The molecule has 0 aliphatic heterocycles. The van der Waals surface area contributed by atoms with Crippen LogP contribution >= 0.6 is 7.82 Å². The minimum atomic E-state index is -4.39. The molecule has 0 aliphatic carbocycles. The van der Waals surface area contributed by atoms with E-state index in [-0.39, 0.29) is 28.6 Å². The summed E-state index contributed by atoms with van der Waals surface area (Å²) in [6, 6.07) is 16.4. The molecule has 6 heteroatoms. The Kier molecular flexibility index (Phi) is 5.45. The largest absolute Gasteiger partial charge is 3.00 e. The molecule has 0 fully saturated rings. The van der Waals surface area contributed by atoms with Gasteiger partial charge < -0.3 is 13.9 Å². The van der Waals surface area contributed by atoms with Gasteiger partial charge in [-0.05, 0) is 24.3 Å². The molecule has 0 saturated heterocycles. The zero-order chi connectivity index (χ0) is 12.1. The van der Waals surface area contributed by atoms with Gasteiger partial charge >= 0.3 is 24.9 Å². The number of para-hydroxylation sites is 2. The maximum Gasteiger partial charge on any atom is 3.00 e. The maximum absolute atomic E-state index is 11.6. The molecule has 0 bridgehead atoms. The van der Waals surface area contributed by atoms with Crippen molar-refractivity contribution in [2.75, 3.05) is 0 Å². The zero-order valence-electron chi connectivity index (χ0n) is 9.21. The third kappa shape index (κ3) is 4.55. The molecule has 0 aromatic heterocycles. The molecule has 18 heavy (non-hydrogen) atoms. The monoisotopic (exact) mass is 305 g/mol. The zero-order valence-corrected chi connectivity index (χ0v) is 11.2. The summed E-state index contributed by atoms with van der Waals surface area (Å²) in [7, 11) is -4.39. The Labute approximate surface area is 116 Å². The molecule has 4 nitrogen and oxygen atoms in total. The van der Waals surface area contributed by atoms with Crippen LogP contribution in [-0.4, -0.2) is 0 Å². The van der Waals surface area contributed by atoms with Gasteiger partial charge in [0.05, 0.1) is 0 Å². The summed E-state index contributed by atoms with van der Waals surface area (Å²) >= 11 is 0. The predicted molar refractivity (Wildman–Crippen MR) is 61.7 cm³/mol. The van der Waals surface area contributed by atoms with Crippen molar-refractivity contribution in [3.8, 4) is 11.5 Å². The Morgan fingerprint density at radius 1 is 0.778 bits per heavy atom. The van der Waals surface area contributed by atoms with Crippen molar-refractivity contribution in [3.05, 3.63) is 60.7 Å². The number of phosphoric ester groups is 1. The van der Waals surface area contributed by atoms with E-state index in [0.717, 1.165) is 0 Å². The summed E-state index contributed by atoms with van der Waals surface area (Å²) in [5, 5.41) is 0. The molecule has 0 heterocycles. The van der Waals surface area contributed by atoms with E-state index in [1.54, 1.807) is 60.7 Å². The molecule has 93 valence electrons. The number of hydrogen-bond acceptors (Lipinski definition) is 4. The first-order chi connectivity index (χ1) is 8.16. The van der Waals surface area contributed by atoms with Crippen LogP contribution in [0.4, 0.5) is 0 Å². The van der Waals surface area contributed by atoms with Crippen molar-refractivity contribution in [1.29, 1.82) is 0 Å². The van der Waals surface area contributed by atoms with Gasteiger partial charge in [-0.15, -0.1) is 0 Å². The van der Waals surface area contributed by atoms with Gasteiger partial charge in [-0.3, -0.25) is 0 Å². The minimum absolute atomic E-state index is 0. The molecule has 2 aromatic rings. The summed E-state index contributed by atoms with van der Waals surface area (Å²) in [6.45, 7) is 0. The van der Waals surface area contributed by atoms with E-state index >= 15 is 0 Å². The normalized spacial score (nSPS) is 10.3. The van der Waals surface area contributed by atoms with E-state index in [4.69, 9.17) is 9.05 Å². The topological polar surface area (TPSA) is 58.6 Å². The molecule has 0 atom stereocenters. The molecule has 0 aliphatic rings. The van der Waals surface area contributed by atoms with Gasteiger partial charge in [0.25, 0.3) is 0 Å². The van der Waals surface area contributed by atoms with Crippen molar-refractivity contribution in [1.82, 2.24) is 0 Å². The van der Waals surface area contributed by atoms with Crippen molar-refractivity contribution in [3.63, 3.8) is 0 Å². The van der Waals surface area contributed by atoms with E-state index in [0.29, 0.717) is 0 Å². The Morgan fingerprint density at radius 3 is 1.44 bits per heavy atom. The Balaban J connectivity index is 0.00000162. The average molecular weight is 305 g/mol. The molecule has 2 aromatic carbocycles. The van der Waals surface area contributed by atoms with Crippen molar-refractivity contribution in [2.24, 2.45) is 0 Å². The van der Waals surface area contributed by atoms with E-state index in [2.05, 4.69) is 0 Å². The second-order valence-electron chi connectivity index (χ2n) is 3.26. The quantitative estimate of drug-likeness (QED) is 0.643. The van der Waals surface area contributed by atoms with Crippen LogP contribution < -0.4 is 13.9 Å². The number of benzene rings is 2. The fourth-order valence-corrected chi connectivity index (χ4v) is 2.04. The Bertz CT molecular complexity index is 473. The van der Waals surface area contributed by atoms with Crippen LogP contribution in [0.1, 0.15) is 0 Å². The molecule has 0 N–H and O–H groups in total. The fraction of sp³-hybridized carbons (Fsp3) is 0. The van der Waals surface area contributed by atoms with E-state index in [9.17, 15) is 9.46 Å². The van der Waals surface area contributed by atoms with Crippen LogP contribution in [-0.2, 0) is 21.6 Å². The molecular formula is C12H10FeO4P+2. The summed E-state index contributed by atoms with van der Waals surface area (Å²) in [6.07, 6.45) is 0. The molecule has 0 unspecified atom stereocenters. The minimum Gasteiger partial charge on any atom is -0.736 e. The second-order valence-corrected chi connectivity index (χ2v) is 4.52. The van der Waals surface area contributed by atoms with Gasteiger partial charge in [0.15, 0.2) is 0 Å². The van der Waals surface area contributed by atoms with Crippen molar-refractivity contribution < 1.29 is 35.6 Å². The second kappa shape index (κ2) is 6.62. The average Bonchev–Trinajstić information content (AvgIpc) is 2.30. The fourth-order valence-electron chi connectivity index (χ4n) is 1.24. The van der Waals surface area contributed by atoms with Gasteiger partial charge in [0.2, 0.25) is 0 Å². The smallest absolute Gasteiger partial charge is 0.736 e. The molecule has 0 spiro atoms. The van der Waals surface area contributed by atoms with Crippen molar-refractivity contribution >= 4 is 7.82 Å². The summed E-state index contributed by atoms with van der Waals surface area (Å²) < 4.78 is 21.1. The van der Waals surface area contributed by atoms with Gasteiger partial charge in [0, 0.05) is 0 Å². The summed E-state index contributed by atoms with van der Waals surface area (Å²) in [4.78, 5) is 11.6. The van der Waals surface area contributed by atoms with Gasteiger partial charge in [-0.1, -0.05) is 36.4 Å². The molecule has 0 saturated carbocycles. The first kappa shape index (κ1) is 14.8. The molecule has 2 rings (SSSR count). The van der Waals surface area contributed by atoms with E-state index < -0.39 is 7.82 Å².